The average molecular weight is 436 g/mol. The number of carbonyl (C=O) groups excluding carboxylic acids is 3. The van der Waals surface area contributed by atoms with Crippen LogP contribution in [-0.4, -0.2) is 57.9 Å². The number of amides is 3. The molecule has 1 aliphatic rings. The Morgan fingerprint density at radius 2 is 2.06 bits per heavy atom. The number of likely N-dealkylation sites (N-methyl/N-ethyl adjacent to an activating group) is 2. The number of nitrogens with zero attached hydrogens (tertiary/aromatic N) is 3. The number of rotatable bonds is 7. The van der Waals surface area contributed by atoms with Crippen LogP contribution >= 0.6 is 0 Å². The Balaban J connectivity index is 1.91. The van der Waals surface area contributed by atoms with Crippen LogP contribution < -0.4 is 0 Å². The standard InChI is InChI=1S/C21H23F3N4O3/c1-3-28-18(30)11-20(19(28)31,15-5-4-6-16(9-15)21(22,23)24)10-17(29)27(2)8-7-14-12-25-26-13-14/h4-6,9,12-13H,3,7-8,10-11H2,1-2H3,(H,25,26)/t20-/m0/s1. The number of carbonyl (C=O) groups is 3. The van der Waals surface area contributed by atoms with Gasteiger partial charge < -0.3 is 4.90 Å². The number of hydrogen-bond donors (Lipinski definition) is 1. The summed E-state index contributed by atoms with van der Waals surface area (Å²) in [5.41, 5.74) is -1.68. The van der Waals surface area contributed by atoms with Gasteiger partial charge in [0.25, 0.3) is 0 Å². The molecule has 0 saturated carbocycles. The molecular weight excluding hydrogens is 413 g/mol. The highest BCUT2D eigenvalue weighted by molar-refractivity contribution is 6.10. The number of aromatic amines is 1. The zero-order chi connectivity index (χ0) is 22.8. The number of imide groups is 1. The van der Waals surface area contributed by atoms with E-state index < -0.39 is 41.3 Å². The molecule has 1 fully saturated rings. The highest BCUT2D eigenvalue weighted by atomic mass is 19.4. The number of alkyl halides is 3. The fourth-order valence-electron chi connectivity index (χ4n) is 3.81. The van der Waals surface area contributed by atoms with Crippen molar-refractivity contribution in [1.82, 2.24) is 20.0 Å². The molecule has 10 heteroatoms. The van der Waals surface area contributed by atoms with Crippen LogP contribution in [0.15, 0.2) is 36.7 Å². The first kappa shape index (κ1) is 22.5. The van der Waals surface area contributed by atoms with Gasteiger partial charge in [0.05, 0.1) is 17.2 Å². The highest BCUT2D eigenvalue weighted by Crippen LogP contribution is 2.42. The van der Waals surface area contributed by atoms with Crippen molar-refractivity contribution in [2.45, 2.75) is 37.8 Å². The topological polar surface area (TPSA) is 86.4 Å². The molecular formula is C21H23F3N4O3. The van der Waals surface area contributed by atoms with Gasteiger partial charge in [0.2, 0.25) is 17.7 Å². The SMILES string of the molecule is CCN1C(=O)C[C@@](CC(=O)N(C)CCc2cn[nH]c2)(c2cccc(C(F)(F)F)c2)C1=O. The molecule has 1 aliphatic heterocycles. The Morgan fingerprint density at radius 1 is 1.32 bits per heavy atom. The van der Waals surface area contributed by atoms with E-state index in [2.05, 4.69) is 10.2 Å². The molecule has 1 N–H and O–H groups in total. The molecule has 7 nitrogen and oxygen atoms in total. The molecule has 0 radical (unpaired) electrons. The average Bonchev–Trinajstić information content (AvgIpc) is 3.32. The van der Waals surface area contributed by atoms with Crippen molar-refractivity contribution >= 4 is 17.7 Å². The van der Waals surface area contributed by atoms with Crippen LogP contribution in [0.3, 0.4) is 0 Å². The van der Waals surface area contributed by atoms with Gasteiger partial charge in [-0.2, -0.15) is 18.3 Å². The van der Waals surface area contributed by atoms with E-state index in [0.29, 0.717) is 13.0 Å². The Bertz CT molecular complexity index is 974. The van der Waals surface area contributed by atoms with Crippen molar-refractivity contribution in [3.8, 4) is 0 Å². The summed E-state index contributed by atoms with van der Waals surface area (Å²) in [5.74, 6) is -1.57. The predicted octanol–water partition coefficient (Wildman–Crippen LogP) is 2.54. The first-order valence-corrected chi connectivity index (χ1v) is 9.82. The Morgan fingerprint density at radius 3 is 2.65 bits per heavy atom. The van der Waals surface area contributed by atoms with Crippen molar-refractivity contribution in [3.63, 3.8) is 0 Å². The van der Waals surface area contributed by atoms with E-state index in [9.17, 15) is 27.6 Å². The number of hydrogen-bond acceptors (Lipinski definition) is 4. The van der Waals surface area contributed by atoms with Crippen LogP contribution in [0.2, 0.25) is 0 Å². The van der Waals surface area contributed by atoms with Crippen molar-refractivity contribution in [1.29, 1.82) is 0 Å². The van der Waals surface area contributed by atoms with Crippen molar-refractivity contribution in [2.24, 2.45) is 0 Å². The summed E-state index contributed by atoms with van der Waals surface area (Å²) in [7, 11) is 1.56. The van der Waals surface area contributed by atoms with Crippen LogP contribution in [0.25, 0.3) is 0 Å². The van der Waals surface area contributed by atoms with E-state index in [1.54, 1.807) is 26.4 Å². The zero-order valence-electron chi connectivity index (χ0n) is 17.2. The molecule has 1 saturated heterocycles. The molecule has 3 amide bonds. The van der Waals surface area contributed by atoms with Gasteiger partial charge >= 0.3 is 6.18 Å². The third kappa shape index (κ3) is 4.47. The third-order valence-electron chi connectivity index (χ3n) is 5.64. The molecule has 2 aromatic rings. The lowest BCUT2D eigenvalue weighted by Crippen LogP contribution is -2.43. The van der Waals surface area contributed by atoms with Gasteiger partial charge in [0.1, 0.15) is 0 Å². The highest BCUT2D eigenvalue weighted by Gasteiger charge is 2.54. The first-order chi connectivity index (χ1) is 14.6. The lowest BCUT2D eigenvalue weighted by atomic mass is 9.75. The minimum absolute atomic E-state index is 0.0215. The molecule has 0 spiro atoms. The minimum atomic E-state index is -4.61. The van der Waals surface area contributed by atoms with Gasteiger partial charge in [0.15, 0.2) is 0 Å². The summed E-state index contributed by atoms with van der Waals surface area (Å²) in [5, 5.41) is 6.51. The second-order valence-corrected chi connectivity index (χ2v) is 7.63. The summed E-state index contributed by atoms with van der Waals surface area (Å²) in [6, 6.07) is 4.33. The lowest BCUT2D eigenvalue weighted by molar-refractivity contribution is -0.142. The van der Waals surface area contributed by atoms with E-state index in [-0.39, 0.29) is 18.5 Å². The largest absolute Gasteiger partial charge is 0.416 e. The fraction of sp³-hybridized carbons (Fsp3) is 0.429. The Labute approximate surface area is 177 Å². The molecule has 166 valence electrons. The molecule has 0 aliphatic carbocycles. The third-order valence-corrected chi connectivity index (χ3v) is 5.64. The Kier molecular flexibility index (Phi) is 6.19. The van der Waals surface area contributed by atoms with Gasteiger partial charge in [-0.25, -0.2) is 0 Å². The fourth-order valence-corrected chi connectivity index (χ4v) is 3.81. The van der Waals surface area contributed by atoms with Crippen LogP contribution in [-0.2, 0) is 32.4 Å². The summed E-state index contributed by atoms with van der Waals surface area (Å²) < 4.78 is 39.8. The quantitative estimate of drug-likeness (QED) is 0.676. The van der Waals surface area contributed by atoms with Gasteiger partial charge in [-0.05, 0) is 30.5 Å². The van der Waals surface area contributed by atoms with Crippen molar-refractivity contribution < 1.29 is 27.6 Å². The van der Waals surface area contributed by atoms with Crippen LogP contribution in [0, 0.1) is 0 Å². The van der Waals surface area contributed by atoms with Gasteiger partial charge in [0, 0.05) is 39.2 Å². The van der Waals surface area contributed by atoms with E-state index in [1.807, 2.05) is 0 Å². The van der Waals surface area contributed by atoms with E-state index in [1.165, 1.54) is 17.0 Å². The zero-order valence-corrected chi connectivity index (χ0v) is 17.2. The monoisotopic (exact) mass is 436 g/mol. The summed E-state index contributed by atoms with van der Waals surface area (Å²) >= 11 is 0. The van der Waals surface area contributed by atoms with E-state index in [0.717, 1.165) is 22.6 Å². The number of benzene rings is 1. The van der Waals surface area contributed by atoms with Crippen molar-refractivity contribution in [3.05, 3.63) is 53.3 Å². The molecule has 0 unspecified atom stereocenters. The number of nitrogens with one attached hydrogen (secondary N) is 1. The molecule has 1 atom stereocenters. The maximum absolute atomic E-state index is 13.3. The van der Waals surface area contributed by atoms with Crippen LogP contribution in [0.1, 0.15) is 36.5 Å². The molecule has 3 rings (SSSR count). The molecule has 2 heterocycles. The molecule has 1 aromatic heterocycles. The maximum Gasteiger partial charge on any atom is 0.416 e. The number of H-pyrrole nitrogens is 1. The summed E-state index contributed by atoms with van der Waals surface area (Å²) in [6.45, 7) is 2.02. The summed E-state index contributed by atoms with van der Waals surface area (Å²) in [6.07, 6.45) is -1.51. The van der Waals surface area contributed by atoms with E-state index in [4.69, 9.17) is 0 Å². The van der Waals surface area contributed by atoms with Crippen LogP contribution in [0.5, 0.6) is 0 Å². The van der Waals surface area contributed by atoms with Crippen molar-refractivity contribution in [2.75, 3.05) is 20.1 Å². The number of likely N-dealkylation sites (tertiary alicyclic amines) is 1. The second-order valence-electron chi connectivity index (χ2n) is 7.63. The predicted molar refractivity (Wildman–Crippen MR) is 105 cm³/mol. The minimum Gasteiger partial charge on any atom is -0.345 e. The number of halogens is 3. The maximum atomic E-state index is 13.3. The molecule has 1 aromatic carbocycles. The van der Waals surface area contributed by atoms with Crippen LogP contribution in [0.4, 0.5) is 13.2 Å². The second kappa shape index (κ2) is 8.52. The Hall–Kier alpha value is -3.17. The van der Waals surface area contributed by atoms with Gasteiger partial charge in [-0.15, -0.1) is 0 Å². The smallest absolute Gasteiger partial charge is 0.345 e. The first-order valence-electron chi connectivity index (χ1n) is 9.82. The van der Waals surface area contributed by atoms with Gasteiger partial charge in [-0.3, -0.25) is 24.4 Å². The molecule has 31 heavy (non-hydrogen) atoms. The molecule has 0 bridgehead atoms. The van der Waals surface area contributed by atoms with Gasteiger partial charge in [-0.1, -0.05) is 18.2 Å². The van der Waals surface area contributed by atoms with E-state index >= 15 is 0 Å². The normalized spacial score (nSPS) is 19.2. The lowest BCUT2D eigenvalue weighted by Gasteiger charge is -2.29. The number of aromatic nitrogens is 2. The summed E-state index contributed by atoms with van der Waals surface area (Å²) in [4.78, 5) is 41.0.